The third-order valence-corrected chi connectivity index (χ3v) is 5.44. The molecule has 1 amide bonds. The number of hydrogen-bond acceptors (Lipinski definition) is 2. The molecule has 2 heterocycles. The van der Waals surface area contributed by atoms with Gasteiger partial charge in [0.25, 0.3) is 0 Å². The van der Waals surface area contributed by atoms with Crippen molar-refractivity contribution in [1.82, 2.24) is 14.5 Å². The van der Waals surface area contributed by atoms with Gasteiger partial charge in [-0.05, 0) is 43.2 Å². The molecule has 0 spiro atoms. The summed E-state index contributed by atoms with van der Waals surface area (Å²) < 4.78 is 41.4. The average Bonchev–Trinajstić information content (AvgIpc) is 3.13. The van der Waals surface area contributed by atoms with Crippen LogP contribution < -0.4 is 0 Å². The molecule has 28 heavy (non-hydrogen) atoms. The Labute approximate surface area is 163 Å². The summed E-state index contributed by atoms with van der Waals surface area (Å²) in [7, 11) is 0. The number of benzene rings is 1. The van der Waals surface area contributed by atoms with E-state index in [4.69, 9.17) is 0 Å². The summed E-state index contributed by atoms with van der Waals surface area (Å²) in [6.45, 7) is 3.60. The van der Waals surface area contributed by atoms with Crippen LogP contribution in [0.15, 0.2) is 36.7 Å². The van der Waals surface area contributed by atoms with E-state index in [-0.39, 0.29) is 18.4 Å². The normalized spacial score (nSPS) is 17.7. The Hall–Kier alpha value is -2.31. The zero-order chi connectivity index (χ0) is 20.1. The molecular formula is C21H26F3N3O. The molecule has 0 radical (unpaired) electrons. The maximum atomic E-state index is 13.2. The molecule has 0 aliphatic carbocycles. The highest BCUT2D eigenvalue weighted by atomic mass is 19.4. The van der Waals surface area contributed by atoms with Crippen LogP contribution in [0, 0.1) is 5.92 Å². The second-order valence-corrected chi connectivity index (χ2v) is 7.37. The summed E-state index contributed by atoms with van der Waals surface area (Å²) in [6, 6.07) is 5.77. The Kier molecular flexibility index (Phi) is 6.42. The Bertz CT molecular complexity index is 800. The molecule has 1 fully saturated rings. The third-order valence-electron chi connectivity index (χ3n) is 5.44. The van der Waals surface area contributed by atoms with E-state index in [9.17, 15) is 18.0 Å². The van der Waals surface area contributed by atoms with Crippen LogP contribution in [0.2, 0.25) is 0 Å². The second kappa shape index (κ2) is 8.80. The Morgan fingerprint density at radius 3 is 2.82 bits per heavy atom. The quantitative estimate of drug-likeness (QED) is 0.732. The van der Waals surface area contributed by atoms with Crippen LogP contribution in [0.25, 0.3) is 0 Å². The van der Waals surface area contributed by atoms with Crippen molar-refractivity contribution >= 4 is 5.91 Å². The molecule has 0 unspecified atom stereocenters. The molecular weight excluding hydrogens is 367 g/mol. The van der Waals surface area contributed by atoms with Gasteiger partial charge in [-0.15, -0.1) is 0 Å². The number of hydrogen-bond donors (Lipinski definition) is 0. The van der Waals surface area contributed by atoms with Gasteiger partial charge in [-0.3, -0.25) is 4.79 Å². The first-order chi connectivity index (χ1) is 13.4. The Morgan fingerprint density at radius 2 is 2.07 bits per heavy atom. The molecule has 0 N–H and O–H groups in total. The van der Waals surface area contributed by atoms with Crippen molar-refractivity contribution in [3.05, 3.63) is 53.6 Å². The van der Waals surface area contributed by atoms with Crippen LogP contribution in [-0.2, 0) is 30.4 Å². The number of aromatic nitrogens is 2. The van der Waals surface area contributed by atoms with Crippen molar-refractivity contribution in [2.24, 2.45) is 5.92 Å². The maximum absolute atomic E-state index is 13.2. The lowest BCUT2D eigenvalue weighted by molar-refractivity contribution is -0.138. The first-order valence-electron chi connectivity index (χ1n) is 9.81. The minimum absolute atomic E-state index is 0.0492. The molecule has 1 saturated heterocycles. The van der Waals surface area contributed by atoms with Crippen molar-refractivity contribution in [2.45, 2.75) is 51.7 Å². The van der Waals surface area contributed by atoms with Gasteiger partial charge in [-0.25, -0.2) is 4.98 Å². The lowest BCUT2D eigenvalue weighted by atomic mass is 9.90. The number of piperidine rings is 1. The fourth-order valence-electron chi connectivity index (χ4n) is 3.95. The molecule has 152 valence electrons. The van der Waals surface area contributed by atoms with Gasteiger partial charge in [0, 0.05) is 31.9 Å². The van der Waals surface area contributed by atoms with Crippen molar-refractivity contribution in [2.75, 3.05) is 13.1 Å². The molecule has 0 bridgehead atoms. The van der Waals surface area contributed by atoms with Gasteiger partial charge < -0.3 is 9.47 Å². The number of alkyl halides is 3. The summed E-state index contributed by atoms with van der Waals surface area (Å²) in [5, 5.41) is 0. The zero-order valence-corrected chi connectivity index (χ0v) is 16.1. The highest BCUT2D eigenvalue weighted by Crippen LogP contribution is 2.33. The van der Waals surface area contributed by atoms with E-state index in [2.05, 4.69) is 4.98 Å². The molecule has 1 aromatic heterocycles. The number of likely N-dealkylation sites (tertiary alicyclic amines) is 1. The van der Waals surface area contributed by atoms with Crippen LogP contribution in [0.5, 0.6) is 0 Å². The van der Waals surface area contributed by atoms with Crippen molar-refractivity contribution in [3.63, 3.8) is 0 Å². The fourth-order valence-corrected chi connectivity index (χ4v) is 3.95. The number of imidazole rings is 1. The molecule has 2 aromatic rings. The number of carbonyl (C=O) groups is 1. The van der Waals surface area contributed by atoms with Crippen LogP contribution >= 0.6 is 0 Å². The van der Waals surface area contributed by atoms with Crippen molar-refractivity contribution < 1.29 is 18.0 Å². The SMILES string of the molecule is CCc1nccn1CC(=O)N1CCC[C@@H](CCc2ccccc2C(F)(F)F)C1. The predicted octanol–water partition coefficient (Wildman–Crippen LogP) is 4.34. The van der Waals surface area contributed by atoms with Gasteiger partial charge in [-0.2, -0.15) is 13.2 Å². The van der Waals surface area contributed by atoms with E-state index < -0.39 is 11.7 Å². The van der Waals surface area contributed by atoms with Gasteiger partial charge in [-0.1, -0.05) is 25.1 Å². The summed E-state index contributed by atoms with van der Waals surface area (Å²) in [4.78, 5) is 18.8. The van der Waals surface area contributed by atoms with Gasteiger partial charge in [0.05, 0.1) is 5.56 Å². The number of halogens is 3. The maximum Gasteiger partial charge on any atom is 0.416 e. The van der Waals surface area contributed by atoms with Crippen LogP contribution in [0.1, 0.15) is 43.1 Å². The number of rotatable bonds is 6. The van der Waals surface area contributed by atoms with Gasteiger partial charge >= 0.3 is 6.18 Å². The highest BCUT2D eigenvalue weighted by molar-refractivity contribution is 5.76. The molecule has 1 aromatic carbocycles. The second-order valence-electron chi connectivity index (χ2n) is 7.37. The number of amides is 1. The summed E-state index contributed by atoms with van der Waals surface area (Å²) in [5.41, 5.74) is -0.213. The lowest BCUT2D eigenvalue weighted by Gasteiger charge is -2.33. The van der Waals surface area contributed by atoms with Gasteiger partial charge in [0.15, 0.2) is 0 Å². The van der Waals surface area contributed by atoms with Crippen LogP contribution in [0.3, 0.4) is 0 Å². The Balaban J connectivity index is 1.58. The summed E-state index contributed by atoms with van der Waals surface area (Å²) in [6.07, 6.45) is 2.82. The van der Waals surface area contributed by atoms with Crippen molar-refractivity contribution in [1.29, 1.82) is 0 Å². The third kappa shape index (κ3) is 4.94. The molecule has 4 nitrogen and oxygen atoms in total. The van der Waals surface area contributed by atoms with E-state index in [1.807, 2.05) is 22.6 Å². The number of aryl methyl sites for hydroxylation is 2. The number of nitrogens with zero attached hydrogens (tertiary/aromatic N) is 3. The fraction of sp³-hybridized carbons (Fsp3) is 0.524. The largest absolute Gasteiger partial charge is 0.416 e. The topological polar surface area (TPSA) is 38.1 Å². The smallest absolute Gasteiger partial charge is 0.341 e. The minimum Gasteiger partial charge on any atom is -0.341 e. The molecule has 1 aliphatic rings. The number of carbonyl (C=O) groups excluding carboxylic acids is 1. The summed E-state index contributed by atoms with van der Waals surface area (Å²) >= 11 is 0. The zero-order valence-electron chi connectivity index (χ0n) is 16.1. The molecule has 3 rings (SSSR count). The van der Waals surface area contributed by atoms with E-state index in [0.717, 1.165) is 31.2 Å². The van der Waals surface area contributed by atoms with E-state index in [0.29, 0.717) is 31.5 Å². The first-order valence-corrected chi connectivity index (χ1v) is 9.81. The first kappa shape index (κ1) is 20.4. The van der Waals surface area contributed by atoms with Crippen LogP contribution in [0.4, 0.5) is 13.2 Å². The molecule has 1 aliphatic heterocycles. The van der Waals surface area contributed by atoms with E-state index in [1.54, 1.807) is 18.3 Å². The van der Waals surface area contributed by atoms with Crippen molar-refractivity contribution in [3.8, 4) is 0 Å². The Morgan fingerprint density at radius 1 is 1.29 bits per heavy atom. The van der Waals surface area contributed by atoms with Gasteiger partial charge in [0.2, 0.25) is 5.91 Å². The lowest BCUT2D eigenvalue weighted by Crippen LogP contribution is -2.41. The predicted molar refractivity (Wildman–Crippen MR) is 101 cm³/mol. The average molecular weight is 393 g/mol. The molecule has 7 heteroatoms. The molecule has 0 saturated carbocycles. The monoisotopic (exact) mass is 393 g/mol. The van der Waals surface area contributed by atoms with Gasteiger partial charge in [0.1, 0.15) is 12.4 Å². The van der Waals surface area contributed by atoms with E-state index in [1.165, 1.54) is 6.07 Å². The standard InChI is InChI=1S/C21H26F3N3O/c1-2-19-25-11-13-26(19)15-20(28)27-12-5-6-16(14-27)9-10-17-7-3-4-8-18(17)21(22,23)24/h3-4,7-8,11,13,16H,2,5-6,9-10,12,14-15H2,1H3/t16-/m0/s1. The van der Waals surface area contributed by atoms with Crippen LogP contribution in [-0.4, -0.2) is 33.4 Å². The summed E-state index contributed by atoms with van der Waals surface area (Å²) in [5.74, 6) is 1.16. The molecule has 1 atom stereocenters. The minimum atomic E-state index is -4.33. The highest BCUT2D eigenvalue weighted by Gasteiger charge is 2.33. The van der Waals surface area contributed by atoms with E-state index >= 15 is 0 Å².